The van der Waals surface area contributed by atoms with Crippen LogP contribution in [0.3, 0.4) is 0 Å². The first kappa shape index (κ1) is 54.7. The molecule has 1 aliphatic rings. The number of carbonyl (C=O) groups is 1. The van der Waals surface area contributed by atoms with Gasteiger partial charge in [-0.1, -0.05) is 212 Å². The number of aliphatic hydroxyl groups is 5. The number of allylic oxidation sites excluding steroid dienone is 3. The minimum Gasteiger partial charge on any atom is -0.394 e. The molecule has 0 aromatic heterocycles. The maximum atomic E-state index is 13.0. The maximum absolute atomic E-state index is 13.0. The lowest BCUT2D eigenvalue weighted by Gasteiger charge is -2.40. The van der Waals surface area contributed by atoms with E-state index in [0.29, 0.717) is 6.42 Å². The summed E-state index contributed by atoms with van der Waals surface area (Å²) in [4.78, 5) is 13.0. The quantitative estimate of drug-likeness (QED) is 0.0264. The minimum absolute atomic E-state index is 0.184. The summed E-state index contributed by atoms with van der Waals surface area (Å²) in [5, 5.41) is 54.2. The number of rotatable bonds is 41. The zero-order valence-corrected chi connectivity index (χ0v) is 37.6. The summed E-state index contributed by atoms with van der Waals surface area (Å²) in [5.41, 5.74) is 0. The van der Waals surface area contributed by atoms with E-state index < -0.39 is 49.5 Å². The van der Waals surface area contributed by atoms with Gasteiger partial charge in [0.15, 0.2) is 6.29 Å². The Bertz CT molecular complexity index is 961. The Labute approximate surface area is 356 Å². The van der Waals surface area contributed by atoms with Crippen molar-refractivity contribution >= 4 is 5.91 Å². The summed E-state index contributed by atoms with van der Waals surface area (Å²) in [6, 6.07) is -0.816. The highest BCUT2D eigenvalue weighted by atomic mass is 16.7. The predicted octanol–water partition coefficient (Wildman–Crippen LogP) is 10.7. The van der Waals surface area contributed by atoms with E-state index in [4.69, 9.17) is 9.47 Å². The second-order valence-electron chi connectivity index (χ2n) is 17.3. The van der Waals surface area contributed by atoms with E-state index in [1.807, 2.05) is 6.08 Å². The molecule has 0 aromatic rings. The van der Waals surface area contributed by atoms with Gasteiger partial charge in [0.1, 0.15) is 24.4 Å². The van der Waals surface area contributed by atoms with E-state index in [9.17, 15) is 30.3 Å². The molecule has 342 valence electrons. The van der Waals surface area contributed by atoms with Crippen LogP contribution >= 0.6 is 0 Å². The maximum Gasteiger partial charge on any atom is 0.220 e. The van der Waals surface area contributed by atoms with Gasteiger partial charge < -0.3 is 40.3 Å². The fourth-order valence-corrected chi connectivity index (χ4v) is 7.82. The first-order valence-electron chi connectivity index (χ1n) is 24.6. The predicted molar refractivity (Wildman–Crippen MR) is 240 cm³/mol. The first-order chi connectivity index (χ1) is 28.3. The standard InChI is InChI=1S/C49H93NO8/c1-3-5-7-9-11-13-15-17-19-20-21-22-23-25-27-29-31-33-35-37-39-45(53)50-42(41-57-49-48(56)47(55)46(54)44(40-51)58-49)43(52)38-36-34-32-30-28-26-24-18-16-14-12-10-8-6-4-2/h28,30,36,38,42-44,46-49,51-52,54-56H,3-27,29,31-35,37,39-41H2,1-2H3,(H,50,53)/b30-28+,38-36+/t42-,43+,44-,46-,47?,48?,49-/m0/s1. The molecular formula is C49H93NO8. The molecule has 1 amide bonds. The van der Waals surface area contributed by atoms with Gasteiger partial charge in [-0.3, -0.25) is 4.79 Å². The third kappa shape index (κ3) is 29.8. The van der Waals surface area contributed by atoms with Crippen LogP contribution in [-0.2, 0) is 14.3 Å². The Balaban J connectivity index is 2.32. The molecule has 2 unspecified atom stereocenters. The van der Waals surface area contributed by atoms with Crippen molar-refractivity contribution in [3.8, 4) is 0 Å². The molecule has 0 radical (unpaired) electrons. The summed E-state index contributed by atoms with van der Waals surface area (Å²) in [6.07, 6.45) is 40.8. The van der Waals surface area contributed by atoms with E-state index in [0.717, 1.165) is 38.5 Å². The average Bonchev–Trinajstić information content (AvgIpc) is 3.22. The van der Waals surface area contributed by atoms with Crippen LogP contribution in [-0.4, -0.2) is 87.5 Å². The average molecular weight is 824 g/mol. The number of nitrogens with one attached hydrogen (secondary N) is 1. The summed E-state index contributed by atoms with van der Waals surface area (Å²) in [7, 11) is 0. The molecule has 0 saturated carbocycles. The molecule has 1 rings (SSSR count). The van der Waals surface area contributed by atoms with Gasteiger partial charge in [0.25, 0.3) is 0 Å². The van der Waals surface area contributed by atoms with Crippen molar-refractivity contribution < 1.29 is 39.8 Å². The third-order valence-corrected chi connectivity index (χ3v) is 11.8. The Morgan fingerprint density at radius 2 is 0.983 bits per heavy atom. The highest BCUT2D eigenvalue weighted by molar-refractivity contribution is 5.76. The first-order valence-corrected chi connectivity index (χ1v) is 24.6. The van der Waals surface area contributed by atoms with Gasteiger partial charge >= 0.3 is 0 Å². The number of unbranched alkanes of at least 4 members (excludes halogenated alkanes) is 29. The topological polar surface area (TPSA) is 149 Å². The van der Waals surface area contributed by atoms with Crippen LogP contribution in [0.25, 0.3) is 0 Å². The zero-order chi connectivity index (χ0) is 42.3. The normalized spacial score (nSPS) is 21.0. The highest BCUT2D eigenvalue weighted by Crippen LogP contribution is 2.23. The molecular weight excluding hydrogens is 731 g/mol. The van der Waals surface area contributed by atoms with E-state index in [1.54, 1.807) is 6.08 Å². The molecule has 7 atom stereocenters. The molecule has 6 N–H and O–H groups in total. The van der Waals surface area contributed by atoms with Crippen LogP contribution in [0, 0.1) is 0 Å². The van der Waals surface area contributed by atoms with Gasteiger partial charge in [0, 0.05) is 6.42 Å². The number of carbonyl (C=O) groups excluding carboxylic acids is 1. The molecule has 1 heterocycles. The molecule has 1 fully saturated rings. The van der Waals surface area contributed by atoms with Crippen molar-refractivity contribution in [3.05, 3.63) is 24.3 Å². The second kappa shape index (κ2) is 39.8. The molecule has 9 nitrogen and oxygen atoms in total. The van der Waals surface area contributed by atoms with Crippen LogP contribution in [0.2, 0.25) is 0 Å². The van der Waals surface area contributed by atoms with Gasteiger partial charge in [-0.05, 0) is 32.1 Å². The highest BCUT2D eigenvalue weighted by Gasteiger charge is 2.44. The Morgan fingerprint density at radius 1 is 0.569 bits per heavy atom. The molecule has 0 aromatic carbocycles. The zero-order valence-electron chi connectivity index (χ0n) is 37.6. The van der Waals surface area contributed by atoms with E-state index >= 15 is 0 Å². The molecule has 0 aliphatic carbocycles. The second-order valence-corrected chi connectivity index (χ2v) is 17.3. The van der Waals surface area contributed by atoms with Crippen molar-refractivity contribution in [2.75, 3.05) is 13.2 Å². The van der Waals surface area contributed by atoms with E-state index in [1.165, 1.54) is 167 Å². The SMILES string of the molecule is CCCCCCCCCCC/C=C/CC/C=C/[C@@H](O)[C@H](CO[C@H]1O[C@@H](CO)[C@H](O)C(O)C1O)NC(=O)CCCCCCCCCCCCCCCCCCCCCC. The third-order valence-electron chi connectivity index (χ3n) is 11.8. The smallest absolute Gasteiger partial charge is 0.220 e. The number of ether oxygens (including phenoxy) is 2. The lowest BCUT2D eigenvalue weighted by Crippen LogP contribution is -2.60. The number of aliphatic hydroxyl groups excluding tert-OH is 5. The van der Waals surface area contributed by atoms with Crippen LogP contribution in [0.1, 0.15) is 226 Å². The summed E-state index contributed by atoms with van der Waals surface area (Å²) < 4.78 is 11.2. The number of hydrogen-bond acceptors (Lipinski definition) is 8. The van der Waals surface area contributed by atoms with Gasteiger partial charge in [-0.25, -0.2) is 0 Å². The Kier molecular flexibility index (Phi) is 37.5. The Morgan fingerprint density at radius 3 is 1.45 bits per heavy atom. The largest absolute Gasteiger partial charge is 0.394 e. The van der Waals surface area contributed by atoms with Crippen LogP contribution < -0.4 is 5.32 Å². The number of hydrogen-bond donors (Lipinski definition) is 6. The molecule has 0 spiro atoms. The monoisotopic (exact) mass is 824 g/mol. The molecule has 1 saturated heterocycles. The van der Waals surface area contributed by atoms with Gasteiger partial charge in [0.05, 0.1) is 25.4 Å². The fraction of sp³-hybridized carbons (Fsp3) is 0.898. The van der Waals surface area contributed by atoms with Crippen molar-refractivity contribution in [3.63, 3.8) is 0 Å². The minimum atomic E-state index is -1.57. The van der Waals surface area contributed by atoms with Crippen molar-refractivity contribution in [2.24, 2.45) is 0 Å². The Hall–Kier alpha value is -1.33. The lowest BCUT2D eigenvalue weighted by atomic mass is 9.99. The molecule has 0 bridgehead atoms. The summed E-state index contributed by atoms with van der Waals surface area (Å²) >= 11 is 0. The van der Waals surface area contributed by atoms with Crippen molar-refractivity contribution in [1.82, 2.24) is 5.32 Å². The molecule has 1 aliphatic heterocycles. The van der Waals surface area contributed by atoms with Crippen LogP contribution in [0.15, 0.2) is 24.3 Å². The lowest BCUT2D eigenvalue weighted by molar-refractivity contribution is -0.302. The molecule has 9 heteroatoms. The van der Waals surface area contributed by atoms with Crippen LogP contribution in [0.4, 0.5) is 0 Å². The van der Waals surface area contributed by atoms with Crippen molar-refractivity contribution in [2.45, 2.75) is 269 Å². The van der Waals surface area contributed by atoms with Crippen molar-refractivity contribution in [1.29, 1.82) is 0 Å². The van der Waals surface area contributed by atoms with Gasteiger partial charge in [0.2, 0.25) is 5.91 Å². The van der Waals surface area contributed by atoms with E-state index in [-0.39, 0.29) is 12.5 Å². The van der Waals surface area contributed by atoms with E-state index in [2.05, 4.69) is 31.3 Å². The summed E-state index contributed by atoms with van der Waals surface area (Å²) in [6.45, 7) is 3.77. The van der Waals surface area contributed by atoms with Crippen LogP contribution in [0.5, 0.6) is 0 Å². The number of amides is 1. The molecule has 58 heavy (non-hydrogen) atoms. The van der Waals surface area contributed by atoms with Gasteiger partial charge in [-0.15, -0.1) is 0 Å². The fourth-order valence-electron chi connectivity index (χ4n) is 7.82. The van der Waals surface area contributed by atoms with Gasteiger partial charge in [-0.2, -0.15) is 0 Å². The summed E-state index contributed by atoms with van der Waals surface area (Å²) in [5.74, 6) is -0.184.